The molecule has 8 heteroatoms. The Labute approximate surface area is 107 Å². The number of hydrogen-bond acceptors (Lipinski definition) is 4. The summed E-state index contributed by atoms with van der Waals surface area (Å²) in [6, 6.07) is 0.812. The third-order valence-corrected chi connectivity index (χ3v) is 2.33. The van der Waals surface area contributed by atoms with Gasteiger partial charge in [-0.1, -0.05) is 0 Å². The first kappa shape index (κ1) is 15.0. The lowest BCUT2D eigenvalue weighted by Gasteiger charge is -2.08. The van der Waals surface area contributed by atoms with Crippen molar-refractivity contribution in [3.63, 3.8) is 0 Å². The SMILES string of the molecule is CC(N)CCC(=O)Nc1cc([N+](=O)[O-])c(F)cc1F. The van der Waals surface area contributed by atoms with Crippen LogP contribution in [-0.2, 0) is 4.79 Å². The Morgan fingerprint density at radius 2 is 2.11 bits per heavy atom. The molecule has 0 fully saturated rings. The lowest BCUT2D eigenvalue weighted by molar-refractivity contribution is -0.387. The summed E-state index contributed by atoms with van der Waals surface area (Å²) in [4.78, 5) is 20.9. The molecule has 0 spiro atoms. The van der Waals surface area contributed by atoms with Gasteiger partial charge in [-0.25, -0.2) is 4.39 Å². The minimum absolute atomic E-state index is 0.0439. The number of hydrogen-bond donors (Lipinski definition) is 2. The van der Waals surface area contributed by atoms with E-state index in [2.05, 4.69) is 5.32 Å². The van der Waals surface area contributed by atoms with Crippen molar-refractivity contribution in [3.8, 4) is 0 Å². The fourth-order valence-electron chi connectivity index (χ4n) is 1.34. The van der Waals surface area contributed by atoms with Gasteiger partial charge in [-0.2, -0.15) is 4.39 Å². The van der Waals surface area contributed by atoms with Crippen molar-refractivity contribution in [1.82, 2.24) is 0 Å². The second-order valence-electron chi connectivity index (χ2n) is 4.10. The van der Waals surface area contributed by atoms with E-state index in [0.717, 1.165) is 0 Å². The highest BCUT2D eigenvalue weighted by Gasteiger charge is 2.19. The summed E-state index contributed by atoms with van der Waals surface area (Å²) in [5.41, 5.74) is 4.13. The summed E-state index contributed by atoms with van der Waals surface area (Å²) in [5, 5.41) is 12.6. The minimum atomic E-state index is -1.30. The standard InChI is InChI=1S/C11H13F2N3O3/c1-6(14)2-3-11(17)15-9-5-10(16(18)19)8(13)4-7(9)12/h4-6H,2-3,14H2,1H3,(H,15,17). The molecule has 0 bridgehead atoms. The number of halogens is 2. The molecule has 1 rings (SSSR count). The molecule has 3 N–H and O–H groups in total. The molecule has 0 aromatic heterocycles. The number of carbonyl (C=O) groups is 1. The van der Waals surface area contributed by atoms with Crippen LogP contribution in [0.3, 0.4) is 0 Å². The highest BCUT2D eigenvalue weighted by Crippen LogP contribution is 2.25. The first-order valence-corrected chi connectivity index (χ1v) is 5.50. The van der Waals surface area contributed by atoms with Gasteiger partial charge in [0.1, 0.15) is 5.82 Å². The maximum absolute atomic E-state index is 13.4. The van der Waals surface area contributed by atoms with Gasteiger partial charge in [0.2, 0.25) is 11.7 Å². The highest BCUT2D eigenvalue weighted by atomic mass is 19.1. The largest absolute Gasteiger partial charge is 0.328 e. The predicted molar refractivity (Wildman–Crippen MR) is 64.5 cm³/mol. The number of nitrogens with zero attached hydrogens (tertiary/aromatic N) is 1. The average molecular weight is 273 g/mol. The van der Waals surface area contributed by atoms with Gasteiger partial charge < -0.3 is 11.1 Å². The number of benzene rings is 1. The molecule has 0 saturated carbocycles. The molecule has 0 heterocycles. The van der Waals surface area contributed by atoms with Crippen molar-refractivity contribution < 1.29 is 18.5 Å². The molecular weight excluding hydrogens is 260 g/mol. The van der Waals surface area contributed by atoms with Gasteiger partial charge in [-0.15, -0.1) is 0 Å². The topological polar surface area (TPSA) is 98.3 Å². The summed E-state index contributed by atoms with van der Waals surface area (Å²) in [6.45, 7) is 1.70. The van der Waals surface area contributed by atoms with Crippen LogP contribution in [-0.4, -0.2) is 16.9 Å². The summed E-state index contributed by atoms with van der Waals surface area (Å²) >= 11 is 0. The lowest BCUT2D eigenvalue weighted by atomic mass is 10.2. The smallest absolute Gasteiger partial charge is 0.307 e. The third kappa shape index (κ3) is 4.25. The second-order valence-corrected chi connectivity index (χ2v) is 4.10. The van der Waals surface area contributed by atoms with Crippen LogP contribution >= 0.6 is 0 Å². The molecule has 0 aliphatic heterocycles. The molecule has 1 aromatic carbocycles. The molecule has 6 nitrogen and oxygen atoms in total. The number of anilines is 1. The molecule has 1 atom stereocenters. The van der Waals surface area contributed by atoms with E-state index in [0.29, 0.717) is 18.6 Å². The van der Waals surface area contributed by atoms with E-state index in [1.807, 2.05) is 0 Å². The summed E-state index contributed by atoms with van der Waals surface area (Å²) in [7, 11) is 0. The Kier molecular flexibility index (Phi) is 4.87. The number of carbonyl (C=O) groups excluding carboxylic acids is 1. The molecule has 104 valence electrons. The van der Waals surface area contributed by atoms with Gasteiger partial charge in [0.25, 0.3) is 0 Å². The van der Waals surface area contributed by atoms with Crippen LogP contribution < -0.4 is 11.1 Å². The van der Waals surface area contributed by atoms with E-state index in [1.54, 1.807) is 6.92 Å². The zero-order valence-corrected chi connectivity index (χ0v) is 10.2. The third-order valence-electron chi connectivity index (χ3n) is 2.33. The van der Waals surface area contributed by atoms with E-state index in [9.17, 15) is 23.7 Å². The maximum atomic E-state index is 13.4. The Morgan fingerprint density at radius 1 is 1.47 bits per heavy atom. The van der Waals surface area contributed by atoms with E-state index in [4.69, 9.17) is 5.73 Å². The molecule has 0 radical (unpaired) electrons. The first-order valence-electron chi connectivity index (χ1n) is 5.50. The van der Waals surface area contributed by atoms with Crippen LogP contribution in [0.5, 0.6) is 0 Å². The Morgan fingerprint density at radius 3 is 2.63 bits per heavy atom. The van der Waals surface area contributed by atoms with E-state index in [1.165, 1.54) is 0 Å². The molecule has 0 saturated heterocycles. The molecule has 1 unspecified atom stereocenters. The van der Waals surface area contributed by atoms with Crippen LogP contribution in [0.15, 0.2) is 12.1 Å². The maximum Gasteiger partial charge on any atom is 0.307 e. The first-order chi connectivity index (χ1) is 8.81. The molecule has 0 aliphatic rings. The summed E-state index contributed by atoms with van der Waals surface area (Å²) in [5.74, 6) is -2.91. The Balaban J connectivity index is 2.86. The molecule has 19 heavy (non-hydrogen) atoms. The van der Waals surface area contributed by atoms with Crippen molar-refractivity contribution in [2.75, 3.05) is 5.32 Å². The fourth-order valence-corrected chi connectivity index (χ4v) is 1.34. The van der Waals surface area contributed by atoms with Crippen LogP contribution in [0.4, 0.5) is 20.2 Å². The summed E-state index contributed by atoms with van der Waals surface area (Å²) < 4.78 is 26.4. The van der Waals surface area contributed by atoms with Crippen LogP contribution in [0, 0.1) is 21.7 Å². The number of nitrogens with one attached hydrogen (secondary N) is 1. The predicted octanol–water partition coefficient (Wildman–Crippen LogP) is 1.94. The Hall–Kier alpha value is -2.09. The van der Waals surface area contributed by atoms with Gasteiger partial charge in [-0.3, -0.25) is 14.9 Å². The molecular formula is C11H13F2N3O3. The van der Waals surface area contributed by atoms with Gasteiger partial charge in [0, 0.05) is 24.6 Å². The zero-order valence-electron chi connectivity index (χ0n) is 10.2. The van der Waals surface area contributed by atoms with Crippen molar-refractivity contribution in [2.45, 2.75) is 25.8 Å². The van der Waals surface area contributed by atoms with Gasteiger partial charge in [0.15, 0.2) is 0 Å². The van der Waals surface area contributed by atoms with Gasteiger partial charge in [-0.05, 0) is 13.3 Å². The fraction of sp³-hybridized carbons (Fsp3) is 0.364. The second kappa shape index (κ2) is 6.19. The summed E-state index contributed by atoms with van der Waals surface area (Å²) in [6.07, 6.45) is 0.430. The number of nitro groups is 1. The number of amides is 1. The Bertz CT molecular complexity index is 506. The molecule has 1 amide bonds. The number of rotatable bonds is 5. The number of nitrogens with two attached hydrogens (primary N) is 1. The van der Waals surface area contributed by atoms with Crippen molar-refractivity contribution in [3.05, 3.63) is 33.9 Å². The number of nitro benzene ring substituents is 1. The average Bonchev–Trinajstić information content (AvgIpc) is 2.29. The van der Waals surface area contributed by atoms with Crippen molar-refractivity contribution in [2.24, 2.45) is 5.73 Å². The highest BCUT2D eigenvalue weighted by molar-refractivity contribution is 5.91. The molecule has 0 aliphatic carbocycles. The van der Waals surface area contributed by atoms with Gasteiger partial charge in [0.05, 0.1) is 10.6 Å². The zero-order chi connectivity index (χ0) is 14.6. The minimum Gasteiger partial charge on any atom is -0.328 e. The van der Waals surface area contributed by atoms with E-state index >= 15 is 0 Å². The van der Waals surface area contributed by atoms with E-state index in [-0.39, 0.29) is 12.5 Å². The lowest BCUT2D eigenvalue weighted by Crippen LogP contribution is -2.20. The molecule has 1 aromatic rings. The van der Waals surface area contributed by atoms with Gasteiger partial charge >= 0.3 is 5.69 Å². The van der Waals surface area contributed by atoms with Crippen LogP contribution in [0.1, 0.15) is 19.8 Å². The van der Waals surface area contributed by atoms with Crippen molar-refractivity contribution >= 4 is 17.3 Å². The van der Waals surface area contributed by atoms with Crippen LogP contribution in [0.25, 0.3) is 0 Å². The van der Waals surface area contributed by atoms with E-state index < -0.39 is 33.8 Å². The van der Waals surface area contributed by atoms with Crippen LogP contribution in [0.2, 0.25) is 0 Å². The van der Waals surface area contributed by atoms with Crippen molar-refractivity contribution in [1.29, 1.82) is 0 Å². The quantitative estimate of drug-likeness (QED) is 0.632. The monoisotopic (exact) mass is 273 g/mol. The normalized spacial score (nSPS) is 12.0.